The van der Waals surface area contributed by atoms with Crippen LogP contribution < -0.4 is 0 Å². The van der Waals surface area contributed by atoms with Gasteiger partial charge in [0.1, 0.15) is 11.7 Å². The Balaban J connectivity index is 3.15. The van der Waals surface area contributed by atoms with Gasteiger partial charge in [-0.25, -0.2) is 0 Å². The number of Topliss-reactive ketones (excluding diaryl/α,β-unsaturated/α-hetero) is 1. The van der Waals surface area contributed by atoms with Gasteiger partial charge in [0.15, 0.2) is 0 Å². The molecular formula is C14H17NO5. The quantitative estimate of drug-likeness (QED) is 0.329. The number of ether oxygens (including phenoxy) is 1. The molecule has 6 nitrogen and oxygen atoms in total. The first kappa shape index (κ1) is 15.8. The van der Waals surface area contributed by atoms with Gasteiger partial charge in [-0.1, -0.05) is 30.3 Å². The molecule has 0 fully saturated rings. The van der Waals surface area contributed by atoms with Crippen molar-refractivity contribution in [2.24, 2.45) is 5.92 Å². The summed E-state index contributed by atoms with van der Waals surface area (Å²) in [6.07, 6.45) is 0. The Morgan fingerprint density at radius 2 is 1.90 bits per heavy atom. The van der Waals surface area contributed by atoms with E-state index in [1.165, 1.54) is 6.92 Å². The second-order valence-electron chi connectivity index (χ2n) is 4.37. The zero-order valence-electron chi connectivity index (χ0n) is 11.4. The second kappa shape index (κ2) is 7.37. The minimum atomic E-state index is -1.15. The van der Waals surface area contributed by atoms with Gasteiger partial charge < -0.3 is 4.74 Å². The number of rotatable bonds is 7. The number of carbonyl (C=O) groups is 2. The molecule has 0 aliphatic carbocycles. The Labute approximate surface area is 116 Å². The second-order valence-corrected chi connectivity index (χ2v) is 4.37. The standard InChI is InChI=1S/C14H17NO5/c1-3-20-14(17)13(10(2)16)12(9-15(18)19)11-7-5-4-6-8-11/h4-8,12-13H,3,9H2,1-2H3. The molecule has 1 rings (SSSR count). The zero-order valence-corrected chi connectivity index (χ0v) is 11.4. The Hall–Kier alpha value is -2.24. The first-order valence-electron chi connectivity index (χ1n) is 6.31. The molecular weight excluding hydrogens is 262 g/mol. The molecule has 0 spiro atoms. The van der Waals surface area contributed by atoms with Crippen LogP contribution in [0.15, 0.2) is 30.3 Å². The first-order valence-corrected chi connectivity index (χ1v) is 6.31. The summed E-state index contributed by atoms with van der Waals surface area (Å²) in [5, 5.41) is 10.8. The molecule has 0 saturated heterocycles. The van der Waals surface area contributed by atoms with Crippen LogP contribution in [-0.2, 0) is 14.3 Å². The largest absolute Gasteiger partial charge is 0.465 e. The van der Waals surface area contributed by atoms with Crippen LogP contribution in [0.1, 0.15) is 25.3 Å². The number of ketones is 1. The maximum absolute atomic E-state index is 11.9. The molecule has 1 aromatic rings. The highest BCUT2D eigenvalue weighted by Crippen LogP contribution is 2.27. The van der Waals surface area contributed by atoms with Crippen molar-refractivity contribution in [2.45, 2.75) is 19.8 Å². The monoisotopic (exact) mass is 279 g/mol. The van der Waals surface area contributed by atoms with Crippen LogP contribution >= 0.6 is 0 Å². The van der Waals surface area contributed by atoms with Crippen LogP contribution in [0, 0.1) is 16.0 Å². The number of hydrogen-bond donors (Lipinski definition) is 0. The van der Waals surface area contributed by atoms with Crippen LogP contribution in [0.5, 0.6) is 0 Å². The maximum Gasteiger partial charge on any atom is 0.317 e. The molecule has 6 heteroatoms. The molecule has 20 heavy (non-hydrogen) atoms. The minimum Gasteiger partial charge on any atom is -0.465 e. The van der Waals surface area contributed by atoms with Gasteiger partial charge in [-0.2, -0.15) is 0 Å². The molecule has 2 atom stereocenters. The Bertz CT molecular complexity index is 486. The lowest BCUT2D eigenvalue weighted by molar-refractivity contribution is -0.484. The fourth-order valence-electron chi connectivity index (χ4n) is 2.11. The Morgan fingerprint density at radius 3 is 2.35 bits per heavy atom. The fourth-order valence-corrected chi connectivity index (χ4v) is 2.11. The van der Waals surface area contributed by atoms with Gasteiger partial charge in [0.25, 0.3) is 0 Å². The normalized spacial score (nSPS) is 13.3. The van der Waals surface area contributed by atoms with Crippen molar-refractivity contribution in [2.75, 3.05) is 13.2 Å². The van der Waals surface area contributed by atoms with E-state index >= 15 is 0 Å². The average molecular weight is 279 g/mol. The van der Waals surface area contributed by atoms with E-state index in [2.05, 4.69) is 0 Å². The van der Waals surface area contributed by atoms with Crippen molar-refractivity contribution >= 4 is 11.8 Å². The van der Waals surface area contributed by atoms with Crippen molar-refractivity contribution in [1.29, 1.82) is 0 Å². The van der Waals surface area contributed by atoms with Crippen LogP contribution in [0.3, 0.4) is 0 Å². The van der Waals surface area contributed by atoms with E-state index in [4.69, 9.17) is 4.74 Å². The third-order valence-electron chi connectivity index (χ3n) is 2.95. The van der Waals surface area contributed by atoms with Crippen molar-refractivity contribution in [1.82, 2.24) is 0 Å². The van der Waals surface area contributed by atoms with Gasteiger partial charge in [0.2, 0.25) is 6.54 Å². The summed E-state index contributed by atoms with van der Waals surface area (Å²) in [5.74, 6) is -3.11. The number of carbonyl (C=O) groups excluding carboxylic acids is 2. The van der Waals surface area contributed by atoms with Crippen LogP contribution in [0.4, 0.5) is 0 Å². The Kier molecular flexibility index (Phi) is 5.83. The van der Waals surface area contributed by atoms with Gasteiger partial charge in [-0.3, -0.25) is 19.7 Å². The highest BCUT2D eigenvalue weighted by molar-refractivity contribution is 5.98. The minimum absolute atomic E-state index is 0.128. The molecule has 0 saturated carbocycles. The van der Waals surface area contributed by atoms with Gasteiger partial charge >= 0.3 is 5.97 Å². The first-order chi connectivity index (χ1) is 9.47. The van der Waals surface area contributed by atoms with Crippen LogP contribution in [0.2, 0.25) is 0 Å². The van der Waals surface area contributed by atoms with E-state index in [1.807, 2.05) is 0 Å². The van der Waals surface area contributed by atoms with E-state index in [-0.39, 0.29) is 6.61 Å². The molecule has 2 unspecified atom stereocenters. The number of esters is 1. The molecule has 0 bridgehead atoms. The summed E-state index contributed by atoms with van der Waals surface area (Å²) in [7, 11) is 0. The summed E-state index contributed by atoms with van der Waals surface area (Å²) in [5.41, 5.74) is 0.581. The predicted molar refractivity (Wildman–Crippen MR) is 71.8 cm³/mol. The lowest BCUT2D eigenvalue weighted by Crippen LogP contribution is -2.34. The molecule has 0 amide bonds. The third-order valence-corrected chi connectivity index (χ3v) is 2.95. The van der Waals surface area contributed by atoms with Gasteiger partial charge in [0, 0.05) is 4.92 Å². The topological polar surface area (TPSA) is 86.5 Å². The highest BCUT2D eigenvalue weighted by Gasteiger charge is 2.37. The SMILES string of the molecule is CCOC(=O)C(C(C)=O)C(C[N+](=O)[O-])c1ccccc1. The third kappa shape index (κ3) is 4.15. The zero-order chi connectivity index (χ0) is 15.1. The summed E-state index contributed by atoms with van der Waals surface area (Å²) in [4.78, 5) is 34.0. The molecule has 1 aromatic carbocycles. The number of hydrogen-bond acceptors (Lipinski definition) is 5. The lowest BCUT2D eigenvalue weighted by atomic mass is 9.83. The number of benzene rings is 1. The van der Waals surface area contributed by atoms with E-state index in [1.54, 1.807) is 37.3 Å². The van der Waals surface area contributed by atoms with E-state index in [0.29, 0.717) is 5.56 Å². The molecule has 0 aromatic heterocycles. The molecule has 0 aliphatic rings. The maximum atomic E-state index is 11.9. The molecule has 108 valence electrons. The average Bonchev–Trinajstić information content (AvgIpc) is 2.38. The van der Waals surface area contributed by atoms with Gasteiger partial charge in [-0.15, -0.1) is 0 Å². The number of nitro groups is 1. The summed E-state index contributed by atoms with van der Waals surface area (Å²) >= 11 is 0. The molecule has 0 radical (unpaired) electrons. The van der Waals surface area contributed by atoms with E-state index in [0.717, 1.165) is 0 Å². The summed E-state index contributed by atoms with van der Waals surface area (Å²) in [6.45, 7) is 2.51. The Morgan fingerprint density at radius 1 is 1.30 bits per heavy atom. The summed E-state index contributed by atoms with van der Waals surface area (Å²) < 4.78 is 4.87. The molecule has 0 N–H and O–H groups in total. The van der Waals surface area contributed by atoms with Crippen molar-refractivity contribution in [3.05, 3.63) is 46.0 Å². The van der Waals surface area contributed by atoms with Crippen molar-refractivity contribution in [3.63, 3.8) is 0 Å². The van der Waals surface area contributed by atoms with Crippen LogP contribution in [0.25, 0.3) is 0 Å². The van der Waals surface area contributed by atoms with Gasteiger partial charge in [0.05, 0.1) is 12.5 Å². The fraction of sp³-hybridized carbons (Fsp3) is 0.429. The predicted octanol–water partition coefficient (Wildman–Crippen LogP) is 1.82. The summed E-state index contributed by atoms with van der Waals surface area (Å²) in [6, 6.07) is 8.53. The van der Waals surface area contributed by atoms with E-state index in [9.17, 15) is 19.7 Å². The lowest BCUT2D eigenvalue weighted by Gasteiger charge is -2.20. The number of nitrogens with zero attached hydrogens (tertiary/aromatic N) is 1. The van der Waals surface area contributed by atoms with Crippen molar-refractivity contribution in [3.8, 4) is 0 Å². The van der Waals surface area contributed by atoms with Crippen molar-refractivity contribution < 1.29 is 19.2 Å². The van der Waals surface area contributed by atoms with Crippen LogP contribution in [-0.4, -0.2) is 29.8 Å². The van der Waals surface area contributed by atoms with E-state index < -0.39 is 35.1 Å². The van der Waals surface area contributed by atoms with Gasteiger partial charge in [-0.05, 0) is 19.4 Å². The smallest absolute Gasteiger partial charge is 0.317 e. The molecule has 0 aliphatic heterocycles. The molecule has 0 heterocycles. The highest BCUT2D eigenvalue weighted by atomic mass is 16.6.